The lowest BCUT2D eigenvalue weighted by Crippen LogP contribution is -2.22. The zero-order valence-electron chi connectivity index (χ0n) is 8.43. The average molecular weight is 201 g/mol. The Morgan fingerprint density at radius 2 is 1.93 bits per heavy atom. The number of rotatable bonds is 2. The fourth-order valence-corrected chi connectivity index (χ4v) is 1.85. The molecular formula is C12H11NO2. The second kappa shape index (κ2) is 3.69. The number of allylic oxidation sites excluding steroid dienone is 1. The van der Waals surface area contributed by atoms with Crippen LogP contribution in [0.1, 0.15) is 22.8 Å². The maximum atomic E-state index is 11.9. The molecule has 3 heteroatoms. The van der Waals surface area contributed by atoms with Gasteiger partial charge in [0.1, 0.15) is 6.29 Å². The lowest BCUT2D eigenvalue weighted by atomic mass is 10.1. The maximum absolute atomic E-state index is 11.9. The molecule has 0 aliphatic carbocycles. The first-order valence-corrected chi connectivity index (χ1v) is 4.86. The fourth-order valence-electron chi connectivity index (χ4n) is 1.85. The predicted octanol–water partition coefficient (Wildman–Crippen LogP) is 1.70. The summed E-state index contributed by atoms with van der Waals surface area (Å²) >= 11 is 0. The molecule has 0 aromatic heterocycles. The summed E-state index contributed by atoms with van der Waals surface area (Å²) in [6.07, 6.45) is 2.15. The van der Waals surface area contributed by atoms with E-state index in [2.05, 4.69) is 0 Å². The second-order valence-electron chi connectivity index (χ2n) is 3.28. The smallest absolute Gasteiger partial charge is 0.258 e. The molecule has 0 N–H and O–H groups in total. The Morgan fingerprint density at radius 1 is 1.27 bits per heavy atom. The van der Waals surface area contributed by atoms with Crippen LogP contribution in [0, 0.1) is 0 Å². The van der Waals surface area contributed by atoms with Crippen LogP contribution in [-0.4, -0.2) is 23.6 Å². The number of fused-ring (bicyclic) bond motifs is 1. The third-order valence-electron chi connectivity index (χ3n) is 2.51. The van der Waals surface area contributed by atoms with Crippen LogP contribution in [0.5, 0.6) is 0 Å². The van der Waals surface area contributed by atoms with Gasteiger partial charge in [-0.3, -0.25) is 9.59 Å². The molecule has 0 saturated carbocycles. The Kier molecular flexibility index (Phi) is 2.37. The Bertz CT molecular complexity index is 449. The molecule has 0 fully saturated rings. The average Bonchev–Trinajstić information content (AvgIpc) is 2.54. The van der Waals surface area contributed by atoms with Crippen molar-refractivity contribution in [3.8, 4) is 0 Å². The fraction of sp³-hybridized carbons (Fsp3) is 0.167. The molecule has 1 amide bonds. The van der Waals surface area contributed by atoms with Crippen LogP contribution >= 0.6 is 0 Å². The van der Waals surface area contributed by atoms with E-state index < -0.39 is 0 Å². The summed E-state index contributed by atoms with van der Waals surface area (Å²) in [5.41, 5.74) is 2.22. The molecule has 76 valence electrons. The number of hydrogen-bond acceptors (Lipinski definition) is 2. The molecule has 0 atom stereocenters. The molecule has 0 radical (unpaired) electrons. The highest BCUT2D eigenvalue weighted by atomic mass is 16.2. The molecule has 1 heterocycles. The summed E-state index contributed by atoms with van der Waals surface area (Å²) in [6, 6.07) is 7.34. The van der Waals surface area contributed by atoms with Crippen LogP contribution in [0.2, 0.25) is 0 Å². The van der Waals surface area contributed by atoms with Crippen molar-refractivity contribution in [2.75, 3.05) is 6.54 Å². The van der Waals surface area contributed by atoms with E-state index >= 15 is 0 Å². The van der Waals surface area contributed by atoms with E-state index in [0.29, 0.717) is 24.1 Å². The van der Waals surface area contributed by atoms with Gasteiger partial charge >= 0.3 is 0 Å². The Morgan fingerprint density at radius 3 is 2.53 bits per heavy atom. The highest BCUT2D eigenvalue weighted by Gasteiger charge is 2.30. The summed E-state index contributed by atoms with van der Waals surface area (Å²) in [6.45, 7) is 2.47. The molecule has 0 unspecified atom stereocenters. The van der Waals surface area contributed by atoms with Gasteiger partial charge in [0.15, 0.2) is 0 Å². The Hall–Kier alpha value is -1.90. The third-order valence-corrected chi connectivity index (χ3v) is 2.51. The van der Waals surface area contributed by atoms with Crippen LogP contribution in [0.15, 0.2) is 30.3 Å². The van der Waals surface area contributed by atoms with Gasteiger partial charge in [0.25, 0.3) is 5.91 Å². The van der Waals surface area contributed by atoms with Crippen molar-refractivity contribution in [1.29, 1.82) is 0 Å². The summed E-state index contributed by atoms with van der Waals surface area (Å²) in [5, 5.41) is 0. The van der Waals surface area contributed by atoms with Crippen LogP contribution in [0.3, 0.4) is 0 Å². The van der Waals surface area contributed by atoms with Crippen LogP contribution in [-0.2, 0) is 4.79 Å². The van der Waals surface area contributed by atoms with E-state index in [1.165, 1.54) is 6.08 Å². The molecule has 2 rings (SSSR count). The minimum Gasteiger partial charge on any atom is -0.308 e. The number of amides is 1. The van der Waals surface area contributed by atoms with Crippen molar-refractivity contribution in [2.45, 2.75) is 6.92 Å². The predicted molar refractivity (Wildman–Crippen MR) is 57.2 cm³/mol. The molecule has 1 aliphatic heterocycles. The van der Waals surface area contributed by atoms with E-state index in [1.807, 2.05) is 25.1 Å². The van der Waals surface area contributed by atoms with E-state index in [0.717, 1.165) is 5.56 Å². The number of nitrogens with zero attached hydrogens (tertiary/aromatic N) is 1. The first-order valence-electron chi connectivity index (χ1n) is 4.86. The Balaban J connectivity index is 2.60. The number of aldehydes is 1. The zero-order valence-corrected chi connectivity index (χ0v) is 8.43. The molecule has 3 nitrogen and oxygen atoms in total. The molecule has 0 saturated heterocycles. The van der Waals surface area contributed by atoms with Gasteiger partial charge in [0.2, 0.25) is 0 Å². The topological polar surface area (TPSA) is 37.4 Å². The number of benzene rings is 1. The molecular weight excluding hydrogens is 190 g/mol. The van der Waals surface area contributed by atoms with Crippen molar-refractivity contribution in [3.63, 3.8) is 0 Å². The van der Waals surface area contributed by atoms with Gasteiger partial charge < -0.3 is 4.90 Å². The minimum atomic E-state index is -0.0267. The normalized spacial score (nSPS) is 17.0. The van der Waals surface area contributed by atoms with Gasteiger partial charge in [-0.15, -0.1) is 0 Å². The molecule has 0 spiro atoms. The highest BCUT2D eigenvalue weighted by molar-refractivity contribution is 6.10. The van der Waals surface area contributed by atoms with Crippen molar-refractivity contribution in [3.05, 3.63) is 41.5 Å². The van der Waals surface area contributed by atoms with E-state index in [9.17, 15) is 9.59 Å². The van der Waals surface area contributed by atoms with Gasteiger partial charge in [-0.2, -0.15) is 0 Å². The first kappa shape index (κ1) is 9.65. The molecule has 0 bridgehead atoms. The summed E-state index contributed by atoms with van der Waals surface area (Å²) in [5.74, 6) is -0.0267. The van der Waals surface area contributed by atoms with Crippen molar-refractivity contribution < 1.29 is 9.59 Å². The zero-order chi connectivity index (χ0) is 10.8. The summed E-state index contributed by atoms with van der Waals surface area (Å²) < 4.78 is 0. The summed E-state index contributed by atoms with van der Waals surface area (Å²) in [7, 11) is 0. The largest absolute Gasteiger partial charge is 0.308 e. The maximum Gasteiger partial charge on any atom is 0.258 e. The standard InChI is InChI=1S/C12H11NO2/c1-2-13-11(7-8-14)9-5-3-4-6-10(9)12(13)15/h3-8H,2H2,1H3/b11-7+. The van der Waals surface area contributed by atoms with Crippen LogP contribution in [0.4, 0.5) is 0 Å². The monoisotopic (exact) mass is 201 g/mol. The highest BCUT2D eigenvalue weighted by Crippen LogP contribution is 2.31. The van der Waals surface area contributed by atoms with Gasteiger partial charge in [0, 0.05) is 23.7 Å². The van der Waals surface area contributed by atoms with E-state index in [1.54, 1.807) is 11.0 Å². The van der Waals surface area contributed by atoms with Gasteiger partial charge in [-0.05, 0) is 13.0 Å². The van der Waals surface area contributed by atoms with Crippen molar-refractivity contribution in [1.82, 2.24) is 4.90 Å². The summed E-state index contributed by atoms with van der Waals surface area (Å²) in [4.78, 5) is 24.0. The number of carbonyl (C=O) groups is 2. The van der Waals surface area contributed by atoms with E-state index in [-0.39, 0.29) is 5.91 Å². The van der Waals surface area contributed by atoms with Crippen LogP contribution in [0.25, 0.3) is 5.70 Å². The molecule has 1 aromatic carbocycles. The molecule has 15 heavy (non-hydrogen) atoms. The second-order valence-corrected chi connectivity index (χ2v) is 3.28. The third kappa shape index (κ3) is 1.36. The number of carbonyl (C=O) groups excluding carboxylic acids is 2. The lowest BCUT2D eigenvalue weighted by Gasteiger charge is -2.14. The van der Waals surface area contributed by atoms with Crippen molar-refractivity contribution in [2.24, 2.45) is 0 Å². The Labute approximate surface area is 88.0 Å². The van der Waals surface area contributed by atoms with E-state index in [4.69, 9.17) is 0 Å². The number of hydrogen-bond donors (Lipinski definition) is 0. The van der Waals surface area contributed by atoms with Gasteiger partial charge in [-0.25, -0.2) is 0 Å². The molecule has 1 aliphatic rings. The molecule has 1 aromatic rings. The van der Waals surface area contributed by atoms with Crippen LogP contribution < -0.4 is 0 Å². The van der Waals surface area contributed by atoms with Crippen molar-refractivity contribution >= 4 is 17.9 Å². The first-order chi connectivity index (χ1) is 7.29. The quantitative estimate of drug-likeness (QED) is 0.539. The van der Waals surface area contributed by atoms with Gasteiger partial charge in [-0.1, -0.05) is 18.2 Å². The lowest BCUT2D eigenvalue weighted by molar-refractivity contribution is -0.104. The minimum absolute atomic E-state index is 0.0267. The SMILES string of the molecule is CCN1C(=O)c2ccccc2/C1=C\C=O. The van der Waals surface area contributed by atoms with Gasteiger partial charge in [0.05, 0.1) is 5.70 Å².